The fraction of sp³-hybridized carbons (Fsp3) is 0.208. The van der Waals surface area contributed by atoms with Gasteiger partial charge in [0.2, 0.25) is 5.91 Å². The Morgan fingerprint density at radius 2 is 1.48 bits per heavy atom. The normalized spacial score (nSPS) is 18.6. The van der Waals surface area contributed by atoms with Gasteiger partial charge in [0.1, 0.15) is 0 Å². The van der Waals surface area contributed by atoms with E-state index in [4.69, 9.17) is 11.6 Å². The van der Waals surface area contributed by atoms with Crippen LogP contribution >= 0.6 is 11.6 Å². The van der Waals surface area contributed by atoms with Crippen LogP contribution < -0.4 is 4.90 Å². The summed E-state index contributed by atoms with van der Waals surface area (Å²) in [6, 6.07) is 26.4. The zero-order valence-electron chi connectivity index (χ0n) is 15.4. The molecule has 0 bridgehead atoms. The van der Waals surface area contributed by atoms with Crippen molar-refractivity contribution in [3.8, 4) is 0 Å². The summed E-state index contributed by atoms with van der Waals surface area (Å²) in [7, 11) is 1.85. The Hall–Kier alpha value is -2.58. The predicted molar refractivity (Wildman–Crippen MR) is 111 cm³/mol. The molecule has 0 unspecified atom stereocenters. The molecule has 1 amide bonds. The summed E-state index contributed by atoms with van der Waals surface area (Å²) in [4.78, 5) is 15.3. The SMILES string of the molecule is CN1C(=O)[C@](CCc2ccccc2)(Cc2ccccc2)c2c(Cl)cccc21. The first-order valence-electron chi connectivity index (χ1n) is 9.27. The topological polar surface area (TPSA) is 20.3 Å². The Balaban J connectivity index is 1.80. The lowest BCUT2D eigenvalue weighted by molar-refractivity contribution is -0.123. The third kappa shape index (κ3) is 3.15. The van der Waals surface area contributed by atoms with Gasteiger partial charge >= 0.3 is 0 Å². The van der Waals surface area contributed by atoms with Crippen LogP contribution in [0.3, 0.4) is 0 Å². The molecular formula is C24H22ClNO. The number of hydrogen-bond acceptors (Lipinski definition) is 1. The number of nitrogens with zero attached hydrogens (tertiary/aromatic N) is 1. The number of halogens is 1. The molecule has 0 fully saturated rings. The smallest absolute Gasteiger partial charge is 0.237 e. The van der Waals surface area contributed by atoms with Gasteiger partial charge < -0.3 is 4.90 Å². The first-order valence-corrected chi connectivity index (χ1v) is 9.65. The molecule has 3 aromatic carbocycles. The van der Waals surface area contributed by atoms with E-state index in [1.807, 2.05) is 61.6 Å². The Morgan fingerprint density at radius 3 is 2.15 bits per heavy atom. The molecule has 0 N–H and O–H groups in total. The summed E-state index contributed by atoms with van der Waals surface area (Å²) in [6.07, 6.45) is 2.21. The summed E-state index contributed by atoms with van der Waals surface area (Å²) in [5.74, 6) is 0.130. The molecule has 3 heteroatoms. The highest BCUT2D eigenvalue weighted by Crippen LogP contribution is 2.49. The van der Waals surface area contributed by atoms with Crippen molar-refractivity contribution in [3.63, 3.8) is 0 Å². The van der Waals surface area contributed by atoms with Crippen molar-refractivity contribution >= 4 is 23.2 Å². The van der Waals surface area contributed by atoms with Gasteiger partial charge in [0.05, 0.1) is 5.41 Å². The maximum absolute atomic E-state index is 13.5. The van der Waals surface area contributed by atoms with Gasteiger partial charge in [-0.05, 0) is 42.5 Å². The molecule has 0 aromatic heterocycles. The Morgan fingerprint density at radius 1 is 0.852 bits per heavy atom. The fourth-order valence-corrected chi connectivity index (χ4v) is 4.58. The van der Waals surface area contributed by atoms with Crippen LogP contribution in [0.4, 0.5) is 5.69 Å². The van der Waals surface area contributed by atoms with Crippen LogP contribution in [0.25, 0.3) is 0 Å². The van der Waals surface area contributed by atoms with E-state index in [0.29, 0.717) is 11.4 Å². The highest BCUT2D eigenvalue weighted by molar-refractivity contribution is 6.33. The fourth-order valence-electron chi connectivity index (χ4n) is 4.23. The number of fused-ring (bicyclic) bond motifs is 1. The second kappa shape index (κ2) is 7.21. The van der Waals surface area contributed by atoms with Gasteiger partial charge in [0.25, 0.3) is 0 Å². The molecule has 0 radical (unpaired) electrons. The summed E-state index contributed by atoms with van der Waals surface area (Å²) in [5, 5.41) is 0.675. The van der Waals surface area contributed by atoms with E-state index in [-0.39, 0.29) is 5.91 Å². The molecule has 1 atom stereocenters. The van der Waals surface area contributed by atoms with Crippen molar-refractivity contribution in [3.05, 3.63) is 101 Å². The number of likely N-dealkylation sites (N-methyl/N-ethyl adjacent to an activating group) is 1. The minimum absolute atomic E-state index is 0.130. The first-order chi connectivity index (χ1) is 13.1. The second-order valence-electron chi connectivity index (χ2n) is 7.23. The van der Waals surface area contributed by atoms with Crippen LogP contribution in [0, 0.1) is 0 Å². The van der Waals surface area contributed by atoms with E-state index in [1.165, 1.54) is 5.56 Å². The molecule has 0 saturated carbocycles. The maximum Gasteiger partial charge on any atom is 0.237 e. The van der Waals surface area contributed by atoms with E-state index in [1.54, 1.807) is 4.90 Å². The van der Waals surface area contributed by atoms with Crippen LogP contribution in [0.2, 0.25) is 5.02 Å². The molecule has 0 aliphatic carbocycles. The molecule has 4 rings (SSSR count). The standard InChI is InChI=1S/C24H22ClNO/c1-26-21-14-8-13-20(25)22(21)24(23(26)27,17-19-11-6-3-7-12-19)16-15-18-9-4-2-5-10-18/h2-14H,15-17H2,1H3/t24-/m1/s1. The quantitative estimate of drug-likeness (QED) is 0.582. The highest BCUT2D eigenvalue weighted by atomic mass is 35.5. The molecule has 0 spiro atoms. The van der Waals surface area contributed by atoms with Crippen LogP contribution in [-0.4, -0.2) is 13.0 Å². The first kappa shape index (κ1) is 17.8. The molecule has 2 nitrogen and oxygen atoms in total. The highest BCUT2D eigenvalue weighted by Gasteiger charge is 2.50. The molecule has 1 aliphatic rings. The molecule has 0 saturated heterocycles. The number of rotatable bonds is 5. The third-order valence-corrected chi connectivity index (χ3v) is 5.89. The minimum Gasteiger partial charge on any atom is -0.314 e. The van der Waals surface area contributed by atoms with E-state index < -0.39 is 5.41 Å². The van der Waals surface area contributed by atoms with Crippen molar-refractivity contribution in [1.82, 2.24) is 0 Å². The summed E-state index contributed by atoms with van der Waals surface area (Å²) in [5.41, 5.74) is 3.65. The number of carbonyl (C=O) groups excluding carboxylic acids is 1. The van der Waals surface area contributed by atoms with Gasteiger partial charge in [-0.15, -0.1) is 0 Å². The van der Waals surface area contributed by atoms with E-state index >= 15 is 0 Å². The number of hydrogen-bond donors (Lipinski definition) is 0. The molecular weight excluding hydrogens is 354 g/mol. The summed E-state index contributed by atoms with van der Waals surface area (Å²) >= 11 is 6.65. The third-order valence-electron chi connectivity index (χ3n) is 5.58. The minimum atomic E-state index is -0.639. The Labute approximate surface area is 165 Å². The van der Waals surface area contributed by atoms with E-state index in [2.05, 4.69) is 24.3 Å². The van der Waals surface area contributed by atoms with Gasteiger partial charge in [0.15, 0.2) is 0 Å². The maximum atomic E-state index is 13.5. The van der Waals surface area contributed by atoms with Crippen molar-refractivity contribution < 1.29 is 4.79 Å². The zero-order chi connectivity index (χ0) is 18.9. The summed E-state index contributed by atoms with van der Waals surface area (Å²) < 4.78 is 0. The summed E-state index contributed by atoms with van der Waals surface area (Å²) in [6.45, 7) is 0. The average Bonchev–Trinajstić information content (AvgIpc) is 2.91. The zero-order valence-corrected chi connectivity index (χ0v) is 16.1. The van der Waals surface area contributed by atoms with Crippen LogP contribution in [0.5, 0.6) is 0 Å². The van der Waals surface area contributed by atoms with E-state index in [9.17, 15) is 4.79 Å². The number of anilines is 1. The number of aryl methyl sites for hydroxylation is 1. The Bertz CT molecular complexity index is 955. The van der Waals surface area contributed by atoms with Crippen molar-refractivity contribution in [1.29, 1.82) is 0 Å². The van der Waals surface area contributed by atoms with Gasteiger partial charge in [0, 0.05) is 23.3 Å². The van der Waals surface area contributed by atoms with Crippen LogP contribution in [-0.2, 0) is 23.1 Å². The molecule has 136 valence electrons. The lowest BCUT2D eigenvalue weighted by Crippen LogP contribution is -2.41. The van der Waals surface area contributed by atoms with Crippen molar-refractivity contribution in [2.75, 3.05) is 11.9 Å². The van der Waals surface area contributed by atoms with Gasteiger partial charge in [-0.25, -0.2) is 0 Å². The van der Waals surface area contributed by atoms with Crippen molar-refractivity contribution in [2.24, 2.45) is 0 Å². The number of benzene rings is 3. The number of amides is 1. The lowest BCUT2D eigenvalue weighted by Gasteiger charge is -2.29. The molecule has 27 heavy (non-hydrogen) atoms. The van der Waals surface area contributed by atoms with E-state index in [0.717, 1.165) is 29.7 Å². The average molecular weight is 376 g/mol. The Kier molecular flexibility index (Phi) is 4.75. The molecule has 1 aliphatic heterocycles. The molecule has 3 aromatic rings. The lowest BCUT2D eigenvalue weighted by atomic mass is 9.72. The number of carbonyl (C=O) groups is 1. The van der Waals surface area contributed by atoms with Crippen LogP contribution in [0.1, 0.15) is 23.1 Å². The predicted octanol–water partition coefficient (Wildman–Crippen LogP) is 5.43. The van der Waals surface area contributed by atoms with Gasteiger partial charge in [-0.3, -0.25) is 4.79 Å². The van der Waals surface area contributed by atoms with Gasteiger partial charge in [-0.1, -0.05) is 78.3 Å². The second-order valence-corrected chi connectivity index (χ2v) is 7.64. The monoisotopic (exact) mass is 375 g/mol. The molecule has 1 heterocycles. The van der Waals surface area contributed by atoms with Crippen LogP contribution in [0.15, 0.2) is 78.9 Å². The largest absolute Gasteiger partial charge is 0.314 e. The van der Waals surface area contributed by atoms with Gasteiger partial charge in [-0.2, -0.15) is 0 Å². The van der Waals surface area contributed by atoms with Crippen molar-refractivity contribution in [2.45, 2.75) is 24.7 Å².